The van der Waals surface area contributed by atoms with Gasteiger partial charge in [-0.3, -0.25) is 0 Å². The van der Waals surface area contributed by atoms with Crippen molar-refractivity contribution < 1.29 is 4.74 Å². The van der Waals surface area contributed by atoms with Crippen LogP contribution in [-0.4, -0.2) is 19.8 Å². The molecule has 1 aromatic heterocycles. The number of hydrogen-bond donors (Lipinski definition) is 1. The molecule has 1 saturated carbocycles. The highest BCUT2D eigenvalue weighted by Crippen LogP contribution is 2.42. The smallest absolute Gasteiger partial charge is 0.0477 e. The minimum atomic E-state index is 0.599. The molecule has 2 nitrogen and oxygen atoms in total. The fraction of sp³-hybridized carbons (Fsp3) is 0.692. The van der Waals surface area contributed by atoms with Gasteiger partial charge in [0.1, 0.15) is 0 Å². The number of rotatable bonds is 8. The second-order valence-corrected chi connectivity index (χ2v) is 5.31. The summed E-state index contributed by atoms with van der Waals surface area (Å²) in [6, 6.07) is 5.00. The zero-order valence-corrected chi connectivity index (χ0v) is 10.8. The first-order valence-electron chi connectivity index (χ1n) is 6.26. The fourth-order valence-corrected chi connectivity index (χ4v) is 2.87. The van der Waals surface area contributed by atoms with Gasteiger partial charge in [0.25, 0.3) is 0 Å². The average Bonchev–Trinajstić information content (AvgIpc) is 2.98. The van der Waals surface area contributed by atoms with Crippen LogP contribution in [0.5, 0.6) is 0 Å². The van der Waals surface area contributed by atoms with E-state index in [4.69, 9.17) is 4.74 Å². The number of thiophene rings is 1. The molecule has 0 spiro atoms. The summed E-state index contributed by atoms with van der Waals surface area (Å²) >= 11 is 1.87. The molecule has 0 radical (unpaired) electrons. The Kier molecular flexibility index (Phi) is 4.82. The lowest BCUT2D eigenvalue weighted by molar-refractivity contribution is 0.144. The highest BCUT2D eigenvalue weighted by atomic mass is 32.1. The van der Waals surface area contributed by atoms with Crippen molar-refractivity contribution in [2.24, 2.45) is 5.92 Å². The molecule has 0 aromatic carbocycles. The molecule has 0 bridgehead atoms. The normalized spacial score (nSPS) is 17.6. The third kappa shape index (κ3) is 3.58. The lowest BCUT2D eigenvalue weighted by Crippen LogP contribution is -2.24. The van der Waals surface area contributed by atoms with Crippen LogP contribution in [0, 0.1) is 5.92 Å². The van der Waals surface area contributed by atoms with Gasteiger partial charge in [0.15, 0.2) is 0 Å². The monoisotopic (exact) mass is 239 g/mol. The van der Waals surface area contributed by atoms with Crippen molar-refractivity contribution in [2.75, 3.05) is 19.8 Å². The lowest BCUT2D eigenvalue weighted by Gasteiger charge is -2.16. The summed E-state index contributed by atoms with van der Waals surface area (Å²) in [4.78, 5) is 1.50. The predicted octanol–water partition coefficient (Wildman–Crippen LogP) is 3.22. The van der Waals surface area contributed by atoms with Crippen LogP contribution in [0.4, 0.5) is 0 Å². The molecule has 3 heteroatoms. The fourth-order valence-electron chi connectivity index (χ4n) is 1.97. The quantitative estimate of drug-likeness (QED) is 0.703. The first-order chi connectivity index (χ1) is 7.92. The summed E-state index contributed by atoms with van der Waals surface area (Å²) in [5, 5.41) is 5.85. The molecule has 0 saturated heterocycles. The largest absolute Gasteiger partial charge is 0.382 e. The Morgan fingerprint density at radius 2 is 2.44 bits per heavy atom. The van der Waals surface area contributed by atoms with Crippen LogP contribution in [-0.2, 0) is 4.74 Å². The van der Waals surface area contributed by atoms with E-state index in [9.17, 15) is 0 Å². The molecule has 0 amide bonds. The van der Waals surface area contributed by atoms with Crippen LogP contribution in [0.2, 0.25) is 0 Å². The Hall–Kier alpha value is -0.380. The highest BCUT2D eigenvalue weighted by molar-refractivity contribution is 7.10. The van der Waals surface area contributed by atoms with Crippen molar-refractivity contribution >= 4 is 11.3 Å². The van der Waals surface area contributed by atoms with Gasteiger partial charge < -0.3 is 10.1 Å². The van der Waals surface area contributed by atoms with E-state index in [0.717, 1.165) is 32.1 Å². The van der Waals surface area contributed by atoms with Gasteiger partial charge in [-0.05, 0) is 50.1 Å². The van der Waals surface area contributed by atoms with E-state index >= 15 is 0 Å². The molecule has 90 valence electrons. The Bertz CT molecular complexity index is 282. The lowest BCUT2D eigenvalue weighted by atomic mass is 10.1. The average molecular weight is 239 g/mol. The number of nitrogens with one attached hydrogen (secondary N) is 1. The second kappa shape index (κ2) is 6.38. The van der Waals surface area contributed by atoms with Gasteiger partial charge >= 0.3 is 0 Å². The van der Waals surface area contributed by atoms with Gasteiger partial charge in [-0.1, -0.05) is 6.07 Å². The first-order valence-corrected chi connectivity index (χ1v) is 7.14. The van der Waals surface area contributed by atoms with Gasteiger partial charge in [0.05, 0.1) is 0 Å². The van der Waals surface area contributed by atoms with E-state index < -0.39 is 0 Å². The van der Waals surface area contributed by atoms with E-state index in [1.807, 2.05) is 18.3 Å². The third-order valence-corrected chi connectivity index (χ3v) is 3.93. The Morgan fingerprint density at radius 3 is 3.06 bits per heavy atom. The van der Waals surface area contributed by atoms with Crippen molar-refractivity contribution in [1.82, 2.24) is 5.32 Å². The standard InChI is InChI=1S/C13H21NOS/c1-2-15-9-4-8-14-13(11-6-7-11)12-5-3-10-16-12/h3,5,10-11,13-14H,2,4,6-9H2,1H3. The summed E-state index contributed by atoms with van der Waals surface area (Å²) in [7, 11) is 0. The molecule has 1 unspecified atom stereocenters. The molecule has 1 aromatic rings. The molecule has 1 N–H and O–H groups in total. The molecule has 2 rings (SSSR count). The molecule has 1 aliphatic carbocycles. The molecule has 1 aliphatic rings. The van der Waals surface area contributed by atoms with Crippen LogP contribution < -0.4 is 5.32 Å². The third-order valence-electron chi connectivity index (χ3n) is 2.98. The topological polar surface area (TPSA) is 21.3 Å². The van der Waals surface area contributed by atoms with Crippen LogP contribution in [0.25, 0.3) is 0 Å². The summed E-state index contributed by atoms with van der Waals surface area (Å²) in [6.07, 6.45) is 3.89. The van der Waals surface area contributed by atoms with Crippen LogP contribution in [0.1, 0.15) is 37.1 Å². The van der Waals surface area contributed by atoms with Crippen LogP contribution in [0.15, 0.2) is 17.5 Å². The molecule has 0 aliphatic heterocycles. The first kappa shape index (κ1) is 12.1. The van der Waals surface area contributed by atoms with Gasteiger partial charge in [-0.25, -0.2) is 0 Å². The minimum absolute atomic E-state index is 0.599. The molecular formula is C13H21NOS. The van der Waals surface area contributed by atoms with Crippen LogP contribution >= 0.6 is 11.3 Å². The Morgan fingerprint density at radius 1 is 1.56 bits per heavy atom. The Labute approximate surface area is 102 Å². The van der Waals surface area contributed by atoms with Crippen molar-refractivity contribution in [3.8, 4) is 0 Å². The summed E-state index contributed by atoms with van der Waals surface area (Å²) in [5.41, 5.74) is 0. The maximum absolute atomic E-state index is 5.34. The van der Waals surface area contributed by atoms with Gasteiger partial charge in [0.2, 0.25) is 0 Å². The van der Waals surface area contributed by atoms with E-state index in [1.54, 1.807) is 0 Å². The van der Waals surface area contributed by atoms with Crippen LogP contribution in [0.3, 0.4) is 0 Å². The van der Waals surface area contributed by atoms with E-state index in [0.29, 0.717) is 6.04 Å². The summed E-state index contributed by atoms with van der Waals surface area (Å²) < 4.78 is 5.34. The molecule has 1 heterocycles. The molecule has 1 atom stereocenters. The Balaban J connectivity index is 1.72. The summed E-state index contributed by atoms with van der Waals surface area (Å²) in [6.45, 7) is 4.83. The number of ether oxygens (including phenoxy) is 1. The number of hydrogen-bond acceptors (Lipinski definition) is 3. The maximum Gasteiger partial charge on any atom is 0.0477 e. The second-order valence-electron chi connectivity index (χ2n) is 4.34. The zero-order valence-electron chi connectivity index (χ0n) is 9.95. The van der Waals surface area contributed by atoms with E-state index in [1.165, 1.54) is 17.7 Å². The maximum atomic E-state index is 5.34. The molecular weight excluding hydrogens is 218 g/mol. The zero-order chi connectivity index (χ0) is 11.2. The van der Waals surface area contributed by atoms with Crippen molar-refractivity contribution in [3.63, 3.8) is 0 Å². The summed E-state index contributed by atoms with van der Waals surface area (Å²) in [5.74, 6) is 0.880. The van der Waals surface area contributed by atoms with Gasteiger partial charge in [-0.15, -0.1) is 11.3 Å². The van der Waals surface area contributed by atoms with Crippen molar-refractivity contribution in [2.45, 2.75) is 32.2 Å². The predicted molar refractivity (Wildman–Crippen MR) is 68.9 cm³/mol. The van der Waals surface area contributed by atoms with E-state index in [2.05, 4.69) is 22.8 Å². The van der Waals surface area contributed by atoms with E-state index in [-0.39, 0.29) is 0 Å². The van der Waals surface area contributed by atoms with Gasteiger partial charge in [0, 0.05) is 24.1 Å². The van der Waals surface area contributed by atoms with Crippen molar-refractivity contribution in [3.05, 3.63) is 22.4 Å². The highest BCUT2D eigenvalue weighted by Gasteiger charge is 2.32. The van der Waals surface area contributed by atoms with Gasteiger partial charge in [-0.2, -0.15) is 0 Å². The SMILES string of the molecule is CCOCCCNC(c1cccs1)C1CC1. The minimum Gasteiger partial charge on any atom is -0.382 e. The molecule has 1 fully saturated rings. The van der Waals surface area contributed by atoms with Crippen molar-refractivity contribution in [1.29, 1.82) is 0 Å². The molecule has 16 heavy (non-hydrogen) atoms.